The Morgan fingerprint density at radius 3 is 1.97 bits per heavy atom. The molecule has 0 fully saturated rings. The molecule has 0 aliphatic heterocycles. The molecular formula is C22H22O7. The summed E-state index contributed by atoms with van der Waals surface area (Å²) >= 11 is 0. The van der Waals surface area contributed by atoms with Crippen LogP contribution in [0.15, 0.2) is 61.2 Å². The van der Waals surface area contributed by atoms with Crippen molar-refractivity contribution in [2.75, 3.05) is 6.61 Å². The zero-order valence-electron chi connectivity index (χ0n) is 16.1. The molecule has 0 aromatic heterocycles. The molecule has 152 valence electrons. The Hall–Kier alpha value is -3.61. The molecule has 0 spiro atoms. The lowest BCUT2D eigenvalue weighted by Gasteiger charge is -2.07. The molecule has 2 rings (SSSR count). The van der Waals surface area contributed by atoms with Gasteiger partial charge in [0.2, 0.25) is 0 Å². The van der Waals surface area contributed by atoms with Gasteiger partial charge in [-0.25, -0.2) is 14.4 Å². The summed E-state index contributed by atoms with van der Waals surface area (Å²) in [7, 11) is 0. The van der Waals surface area contributed by atoms with Crippen molar-refractivity contribution in [3.63, 3.8) is 0 Å². The highest BCUT2D eigenvalue weighted by atomic mass is 16.7. The van der Waals surface area contributed by atoms with Crippen LogP contribution in [0.4, 0.5) is 4.79 Å². The normalized spacial score (nSPS) is 9.97. The first-order valence-corrected chi connectivity index (χ1v) is 9.13. The van der Waals surface area contributed by atoms with Crippen LogP contribution >= 0.6 is 0 Å². The molecule has 0 atom stereocenters. The van der Waals surface area contributed by atoms with Crippen molar-refractivity contribution in [1.29, 1.82) is 0 Å². The van der Waals surface area contributed by atoms with E-state index in [2.05, 4.69) is 13.5 Å². The van der Waals surface area contributed by atoms with E-state index in [0.29, 0.717) is 12.4 Å². The first kappa shape index (κ1) is 21.7. The van der Waals surface area contributed by atoms with Crippen molar-refractivity contribution < 1.29 is 33.3 Å². The Bertz CT molecular complexity index is 838. The third-order valence-electron chi connectivity index (χ3n) is 3.68. The number of rotatable bonds is 9. The van der Waals surface area contributed by atoms with E-state index in [1.807, 2.05) is 0 Å². The van der Waals surface area contributed by atoms with Crippen LogP contribution in [-0.2, 0) is 9.53 Å². The van der Waals surface area contributed by atoms with Crippen molar-refractivity contribution in [3.05, 3.63) is 66.7 Å². The zero-order valence-corrected chi connectivity index (χ0v) is 16.1. The zero-order chi connectivity index (χ0) is 21.1. The molecule has 2 aromatic carbocycles. The maximum atomic E-state index is 12.2. The lowest BCUT2D eigenvalue weighted by Crippen LogP contribution is -2.12. The van der Waals surface area contributed by atoms with Gasteiger partial charge in [0.05, 0.1) is 12.2 Å². The minimum absolute atomic E-state index is 0.260. The van der Waals surface area contributed by atoms with Crippen LogP contribution < -0.4 is 14.2 Å². The molecular weight excluding hydrogens is 376 g/mol. The Kier molecular flexibility index (Phi) is 8.44. The van der Waals surface area contributed by atoms with E-state index in [1.54, 1.807) is 0 Å². The monoisotopic (exact) mass is 398 g/mol. The number of ether oxygens (including phenoxy) is 4. The average molecular weight is 398 g/mol. The predicted octanol–water partition coefficient (Wildman–Crippen LogP) is 4.70. The minimum atomic E-state index is -0.784. The van der Waals surface area contributed by atoms with Crippen LogP contribution in [0.1, 0.15) is 36.5 Å². The van der Waals surface area contributed by atoms with E-state index >= 15 is 0 Å². The standard InChI is InChI=1S/C22H22O7/c1-3-5-6-15-26-22(25)29-19-9-7-16(8-10-19)21(24)28-18-13-11-17(12-14-18)27-20(23)4-2/h4,7-14H,2-3,5-6,15H2,1H3. The van der Waals surface area contributed by atoms with Crippen LogP contribution in [0.3, 0.4) is 0 Å². The number of carbonyl (C=O) groups excluding carboxylic acids is 3. The summed E-state index contributed by atoms with van der Waals surface area (Å²) < 4.78 is 20.2. The smallest absolute Gasteiger partial charge is 0.434 e. The number of benzene rings is 2. The van der Waals surface area contributed by atoms with Crippen molar-refractivity contribution >= 4 is 18.1 Å². The molecule has 29 heavy (non-hydrogen) atoms. The largest absolute Gasteiger partial charge is 0.513 e. The van der Waals surface area contributed by atoms with Gasteiger partial charge in [-0.3, -0.25) is 0 Å². The maximum absolute atomic E-state index is 12.2. The van der Waals surface area contributed by atoms with E-state index < -0.39 is 18.1 Å². The van der Waals surface area contributed by atoms with Gasteiger partial charge < -0.3 is 18.9 Å². The Morgan fingerprint density at radius 1 is 0.828 bits per heavy atom. The molecule has 7 heteroatoms. The predicted molar refractivity (Wildman–Crippen MR) is 105 cm³/mol. The van der Waals surface area contributed by atoms with Gasteiger partial charge in [0, 0.05) is 6.08 Å². The van der Waals surface area contributed by atoms with Crippen LogP contribution in [0.2, 0.25) is 0 Å². The fourth-order valence-corrected chi connectivity index (χ4v) is 2.19. The summed E-state index contributed by atoms with van der Waals surface area (Å²) in [6.07, 6.45) is 3.06. The molecule has 0 N–H and O–H groups in total. The van der Waals surface area contributed by atoms with Crippen molar-refractivity contribution in [3.8, 4) is 17.2 Å². The SMILES string of the molecule is C=CC(=O)Oc1ccc(OC(=O)c2ccc(OC(=O)OCCCCC)cc2)cc1. The molecule has 0 heterocycles. The lowest BCUT2D eigenvalue weighted by atomic mass is 10.2. The van der Waals surface area contributed by atoms with Crippen LogP contribution in [0.5, 0.6) is 17.2 Å². The van der Waals surface area contributed by atoms with Gasteiger partial charge >= 0.3 is 18.1 Å². The molecule has 2 aromatic rings. The Balaban J connectivity index is 1.86. The van der Waals surface area contributed by atoms with E-state index in [0.717, 1.165) is 25.3 Å². The summed E-state index contributed by atoms with van der Waals surface area (Å²) in [5, 5.41) is 0. The van der Waals surface area contributed by atoms with Gasteiger partial charge in [-0.15, -0.1) is 0 Å². The number of hydrogen-bond acceptors (Lipinski definition) is 7. The number of hydrogen-bond donors (Lipinski definition) is 0. The van der Waals surface area contributed by atoms with Crippen molar-refractivity contribution in [1.82, 2.24) is 0 Å². The highest BCUT2D eigenvalue weighted by Crippen LogP contribution is 2.20. The maximum Gasteiger partial charge on any atom is 0.513 e. The summed E-state index contributed by atoms with van der Waals surface area (Å²) in [5.74, 6) is -0.325. The Labute approximate surface area is 168 Å². The molecule has 7 nitrogen and oxygen atoms in total. The molecule has 0 saturated heterocycles. The quantitative estimate of drug-likeness (QED) is 0.199. The first-order valence-electron chi connectivity index (χ1n) is 9.13. The van der Waals surface area contributed by atoms with Crippen molar-refractivity contribution in [2.24, 2.45) is 0 Å². The fraction of sp³-hybridized carbons (Fsp3) is 0.227. The second kappa shape index (κ2) is 11.3. The molecule has 0 radical (unpaired) electrons. The van der Waals surface area contributed by atoms with Crippen LogP contribution in [-0.4, -0.2) is 24.7 Å². The third-order valence-corrected chi connectivity index (χ3v) is 3.68. The minimum Gasteiger partial charge on any atom is -0.434 e. The fourth-order valence-electron chi connectivity index (χ4n) is 2.19. The molecule has 0 aliphatic rings. The summed E-state index contributed by atoms with van der Waals surface area (Å²) in [5.41, 5.74) is 0.274. The van der Waals surface area contributed by atoms with Gasteiger partial charge in [0.15, 0.2) is 0 Å². The molecule has 0 saturated carbocycles. The topological polar surface area (TPSA) is 88.1 Å². The van der Waals surface area contributed by atoms with E-state index in [4.69, 9.17) is 18.9 Å². The third kappa shape index (κ3) is 7.50. The molecule has 0 bridgehead atoms. The Morgan fingerprint density at radius 2 is 1.38 bits per heavy atom. The molecule has 0 amide bonds. The van der Waals surface area contributed by atoms with Crippen LogP contribution in [0.25, 0.3) is 0 Å². The summed E-state index contributed by atoms with van der Waals surface area (Å²) in [4.78, 5) is 34.9. The number of esters is 2. The summed E-state index contributed by atoms with van der Waals surface area (Å²) in [6, 6.07) is 11.9. The lowest BCUT2D eigenvalue weighted by molar-refractivity contribution is -0.128. The van der Waals surface area contributed by atoms with Crippen molar-refractivity contribution in [2.45, 2.75) is 26.2 Å². The number of carbonyl (C=O) groups is 3. The van der Waals surface area contributed by atoms with Gasteiger partial charge in [0.1, 0.15) is 17.2 Å². The highest BCUT2D eigenvalue weighted by Gasteiger charge is 2.11. The van der Waals surface area contributed by atoms with Gasteiger partial charge in [-0.2, -0.15) is 0 Å². The van der Waals surface area contributed by atoms with Gasteiger partial charge in [-0.1, -0.05) is 26.3 Å². The van der Waals surface area contributed by atoms with E-state index in [1.165, 1.54) is 48.5 Å². The van der Waals surface area contributed by atoms with Gasteiger partial charge in [0.25, 0.3) is 0 Å². The van der Waals surface area contributed by atoms with Gasteiger partial charge in [-0.05, 0) is 55.0 Å². The second-order valence-corrected chi connectivity index (χ2v) is 5.92. The van der Waals surface area contributed by atoms with E-state index in [9.17, 15) is 14.4 Å². The van der Waals surface area contributed by atoms with Crippen LogP contribution in [0, 0.1) is 0 Å². The molecule has 0 unspecified atom stereocenters. The first-order chi connectivity index (χ1) is 14.0. The van der Waals surface area contributed by atoms with E-state index in [-0.39, 0.29) is 17.1 Å². The molecule has 0 aliphatic carbocycles. The second-order valence-electron chi connectivity index (χ2n) is 5.92. The highest BCUT2D eigenvalue weighted by molar-refractivity contribution is 5.91. The number of unbranched alkanes of at least 4 members (excludes halogenated alkanes) is 2. The summed E-state index contributed by atoms with van der Waals surface area (Å²) in [6.45, 7) is 5.68. The average Bonchev–Trinajstić information content (AvgIpc) is 2.73.